The highest BCUT2D eigenvalue weighted by Gasteiger charge is 2.03. The molecule has 0 aliphatic heterocycles. The summed E-state index contributed by atoms with van der Waals surface area (Å²) < 4.78 is 0. The van der Waals surface area contributed by atoms with Gasteiger partial charge in [0.15, 0.2) is 0 Å². The number of carbonyl (C=O) groups excluding carboxylic acids is 1. The molecule has 2 rings (SSSR count). The maximum Gasteiger partial charge on any atom is 0.248 e. The van der Waals surface area contributed by atoms with Crippen LogP contribution in [0, 0.1) is 0 Å². The largest absolute Gasteiger partial charge is 0.366 e. The van der Waals surface area contributed by atoms with E-state index in [9.17, 15) is 4.79 Å². The summed E-state index contributed by atoms with van der Waals surface area (Å²) in [4.78, 5) is 12.3. The van der Waals surface area contributed by atoms with Crippen LogP contribution in [0.3, 0.4) is 0 Å². The number of carbonyl (C=O) groups is 1. The fourth-order valence-electron chi connectivity index (χ4n) is 1.64. The van der Waals surface area contributed by atoms with Gasteiger partial charge in [0.2, 0.25) is 5.91 Å². The lowest BCUT2D eigenvalue weighted by Gasteiger charge is -2.04. The number of nitrogens with two attached hydrogens (primary N) is 1. The SMILES string of the molecule is CSc1ccc(-c2cccc(C(N)=O)c2)cc1. The highest BCUT2D eigenvalue weighted by atomic mass is 32.2. The highest BCUT2D eigenvalue weighted by Crippen LogP contribution is 2.23. The number of thioether (sulfide) groups is 1. The average Bonchev–Trinajstić information content (AvgIpc) is 2.39. The maximum atomic E-state index is 11.1. The van der Waals surface area contributed by atoms with E-state index in [1.54, 1.807) is 17.8 Å². The summed E-state index contributed by atoms with van der Waals surface area (Å²) in [7, 11) is 0. The van der Waals surface area contributed by atoms with E-state index in [1.807, 2.05) is 36.6 Å². The average molecular weight is 243 g/mol. The predicted octanol–water partition coefficient (Wildman–Crippen LogP) is 3.17. The smallest absolute Gasteiger partial charge is 0.248 e. The second-order valence-electron chi connectivity index (χ2n) is 3.67. The lowest BCUT2D eigenvalue weighted by molar-refractivity contribution is 0.100. The molecule has 2 nitrogen and oxygen atoms in total. The van der Waals surface area contributed by atoms with Crippen molar-refractivity contribution in [2.24, 2.45) is 5.73 Å². The third-order valence-corrected chi connectivity index (χ3v) is 3.31. The summed E-state index contributed by atoms with van der Waals surface area (Å²) in [6, 6.07) is 15.6. The Morgan fingerprint density at radius 2 is 1.76 bits per heavy atom. The first-order valence-electron chi connectivity index (χ1n) is 5.25. The van der Waals surface area contributed by atoms with E-state index < -0.39 is 5.91 Å². The van der Waals surface area contributed by atoms with Gasteiger partial charge in [-0.05, 0) is 41.6 Å². The summed E-state index contributed by atoms with van der Waals surface area (Å²) in [6.07, 6.45) is 2.04. The van der Waals surface area contributed by atoms with Crippen molar-refractivity contribution in [3.8, 4) is 11.1 Å². The quantitative estimate of drug-likeness (QED) is 0.841. The Morgan fingerprint density at radius 3 is 2.35 bits per heavy atom. The third-order valence-electron chi connectivity index (χ3n) is 2.57. The van der Waals surface area contributed by atoms with Crippen LogP contribution >= 0.6 is 11.8 Å². The van der Waals surface area contributed by atoms with E-state index in [1.165, 1.54) is 4.90 Å². The maximum absolute atomic E-state index is 11.1. The fraction of sp³-hybridized carbons (Fsp3) is 0.0714. The summed E-state index contributed by atoms with van der Waals surface area (Å²) >= 11 is 1.71. The fourth-order valence-corrected chi connectivity index (χ4v) is 2.04. The molecule has 0 fully saturated rings. The Hall–Kier alpha value is -1.74. The van der Waals surface area contributed by atoms with Crippen LogP contribution in [0.2, 0.25) is 0 Å². The van der Waals surface area contributed by atoms with Crippen molar-refractivity contribution in [2.45, 2.75) is 4.90 Å². The van der Waals surface area contributed by atoms with Gasteiger partial charge in [0.1, 0.15) is 0 Å². The van der Waals surface area contributed by atoms with Gasteiger partial charge in [0.25, 0.3) is 0 Å². The molecule has 0 unspecified atom stereocenters. The van der Waals surface area contributed by atoms with Crippen LogP contribution in [0.15, 0.2) is 53.4 Å². The first-order valence-corrected chi connectivity index (χ1v) is 6.47. The van der Waals surface area contributed by atoms with Crippen molar-refractivity contribution in [1.82, 2.24) is 0 Å². The van der Waals surface area contributed by atoms with E-state index in [-0.39, 0.29) is 0 Å². The molecule has 2 aromatic rings. The minimum absolute atomic E-state index is 0.396. The molecule has 0 heterocycles. The summed E-state index contributed by atoms with van der Waals surface area (Å²) in [6.45, 7) is 0. The molecule has 0 spiro atoms. The second-order valence-corrected chi connectivity index (χ2v) is 4.55. The predicted molar refractivity (Wildman–Crippen MR) is 72.2 cm³/mol. The van der Waals surface area contributed by atoms with E-state index in [4.69, 9.17) is 5.73 Å². The number of hydrogen-bond acceptors (Lipinski definition) is 2. The summed E-state index contributed by atoms with van der Waals surface area (Å²) in [5.74, 6) is -0.396. The van der Waals surface area contributed by atoms with E-state index >= 15 is 0 Å². The lowest BCUT2D eigenvalue weighted by Crippen LogP contribution is -2.10. The first-order chi connectivity index (χ1) is 8.20. The van der Waals surface area contributed by atoms with Crippen molar-refractivity contribution < 1.29 is 4.79 Å². The number of benzene rings is 2. The van der Waals surface area contributed by atoms with Crippen LogP contribution in [0.5, 0.6) is 0 Å². The number of primary amides is 1. The van der Waals surface area contributed by atoms with Crippen LogP contribution in [0.4, 0.5) is 0 Å². The van der Waals surface area contributed by atoms with Crippen LogP contribution in [-0.4, -0.2) is 12.2 Å². The number of rotatable bonds is 3. The second kappa shape index (κ2) is 5.06. The minimum atomic E-state index is -0.396. The zero-order valence-electron chi connectivity index (χ0n) is 9.51. The molecule has 0 aliphatic carbocycles. The van der Waals surface area contributed by atoms with Crippen molar-refractivity contribution in [1.29, 1.82) is 0 Å². The van der Waals surface area contributed by atoms with Crippen LogP contribution in [0.25, 0.3) is 11.1 Å². The molecule has 86 valence electrons. The van der Waals surface area contributed by atoms with Gasteiger partial charge in [-0.2, -0.15) is 0 Å². The van der Waals surface area contributed by atoms with E-state index in [2.05, 4.69) is 12.1 Å². The Balaban J connectivity index is 2.38. The van der Waals surface area contributed by atoms with Gasteiger partial charge in [0.05, 0.1) is 0 Å². The molecule has 0 saturated heterocycles. The normalized spacial score (nSPS) is 10.2. The Labute approximate surface area is 105 Å². The van der Waals surface area contributed by atoms with E-state index in [0.29, 0.717) is 5.56 Å². The third kappa shape index (κ3) is 2.68. The highest BCUT2D eigenvalue weighted by molar-refractivity contribution is 7.98. The standard InChI is InChI=1S/C14H13NOS/c1-17-13-7-5-10(6-8-13)11-3-2-4-12(9-11)14(15)16/h2-9H,1H3,(H2,15,16). The first kappa shape index (κ1) is 11.7. The zero-order valence-corrected chi connectivity index (χ0v) is 10.3. The molecule has 1 amide bonds. The van der Waals surface area contributed by atoms with Gasteiger partial charge in [-0.1, -0.05) is 24.3 Å². The van der Waals surface area contributed by atoms with Crippen molar-refractivity contribution in [3.05, 3.63) is 54.1 Å². The van der Waals surface area contributed by atoms with Crippen LogP contribution in [-0.2, 0) is 0 Å². The zero-order chi connectivity index (χ0) is 12.3. The van der Waals surface area contributed by atoms with Crippen molar-refractivity contribution in [3.63, 3.8) is 0 Å². The monoisotopic (exact) mass is 243 g/mol. The Morgan fingerprint density at radius 1 is 1.06 bits per heavy atom. The number of amides is 1. The molecule has 0 aromatic heterocycles. The van der Waals surface area contributed by atoms with Crippen molar-refractivity contribution >= 4 is 17.7 Å². The molecule has 0 aliphatic rings. The molecule has 3 heteroatoms. The van der Waals surface area contributed by atoms with Crippen molar-refractivity contribution in [2.75, 3.05) is 6.26 Å². The van der Waals surface area contributed by atoms with Gasteiger partial charge in [-0.3, -0.25) is 4.79 Å². The van der Waals surface area contributed by atoms with Crippen LogP contribution < -0.4 is 5.73 Å². The van der Waals surface area contributed by atoms with Crippen LogP contribution in [0.1, 0.15) is 10.4 Å². The molecular weight excluding hydrogens is 230 g/mol. The molecule has 0 saturated carbocycles. The van der Waals surface area contributed by atoms with E-state index in [0.717, 1.165) is 11.1 Å². The number of hydrogen-bond donors (Lipinski definition) is 1. The molecule has 17 heavy (non-hydrogen) atoms. The molecule has 2 N–H and O–H groups in total. The Kier molecular flexibility index (Phi) is 3.49. The van der Waals surface area contributed by atoms with Gasteiger partial charge < -0.3 is 5.73 Å². The molecular formula is C14H13NOS. The van der Waals surface area contributed by atoms with Gasteiger partial charge in [0, 0.05) is 10.5 Å². The van der Waals surface area contributed by atoms with Gasteiger partial charge in [-0.25, -0.2) is 0 Å². The Bertz CT molecular complexity index is 534. The topological polar surface area (TPSA) is 43.1 Å². The van der Waals surface area contributed by atoms with Gasteiger partial charge >= 0.3 is 0 Å². The lowest BCUT2D eigenvalue weighted by atomic mass is 10.0. The molecule has 0 bridgehead atoms. The molecule has 0 radical (unpaired) electrons. The molecule has 0 atom stereocenters. The van der Waals surface area contributed by atoms with Gasteiger partial charge in [-0.15, -0.1) is 11.8 Å². The molecule has 2 aromatic carbocycles. The summed E-state index contributed by atoms with van der Waals surface area (Å²) in [5.41, 5.74) is 7.90. The summed E-state index contributed by atoms with van der Waals surface area (Å²) in [5, 5.41) is 0. The minimum Gasteiger partial charge on any atom is -0.366 e.